The highest BCUT2D eigenvalue weighted by Crippen LogP contribution is 2.30. The molecule has 2 heterocycles. The number of para-hydroxylation sites is 1. The van der Waals surface area contributed by atoms with Gasteiger partial charge in [0.2, 0.25) is 0 Å². The average molecular weight is 209 g/mol. The van der Waals surface area contributed by atoms with E-state index in [0.29, 0.717) is 0 Å². The molecule has 1 aliphatic rings. The topological polar surface area (TPSA) is 16.4 Å². The molecule has 0 saturated carbocycles. The summed E-state index contributed by atoms with van der Waals surface area (Å²) < 4.78 is 5.50. The summed E-state index contributed by atoms with van der Waals surface area (Å²) in [4.78, 5) is 2.03. The molecule has 1 aromatic heterocycles. The Morgan fingerprint density at radius 3 is 2.62 bits per heavy atom. The third-order valence-electron chi connectivity index (χ3n) is 2.64. The molecule has 0 unspecified atom stereocenters. The van der Waals surface area contributed by atoms with E-state index in [-0.39, 0.29) is 0 Å². The van der Waals surface area contributed by atoms with Crippen LogP contribution in [0.25, 0.3) is 11.0 Å². The first-order valence-corrected chi connectivity index (χ1v) is 5.14. The van der Waals surface area contributed by atoms with Crippen LogP contribution in [0.5, 0.6) is 0 Å². The fourth-order valence-electron chi connectivity index (χ4n) is 1.78. The lowest BCUT2D eigenvalue weighted by molar-refractivity contribution is 0.616. The van der Waals surface area contributed by atoms with E-state index in [9.17, 15) is 0 Å². The first kappa shape index (κ1) is 9.04. The maximum Gasteiger partial charge on any atom is 0.136 e. The van der Waals surface area contributed by atoms with Crippen LogP contribution >= 0.6 is 0 Å². The Kier molecular flexibility index (Phi) is 1.93. The molecule has 3 rings (SSSR count). The number of hydrogen-bond donors (Lipinski definition) is 0. The summed E-state index contributed by atoms with van der Waals surface area (Å²) in [6, 6.07) is 8.01. The van der Waals surface area contributed by atoms with Crippen LogP contribution < -0.4 is 4.90 Å². The molecule has 0 spiro atoms. The Balaban J connectivity index is 2.10. The van der Waals surface area contributed by atoms with Crippen LogP contribution in [0.1, 0.15) is 0 Å². The van der Waals surface area contributed by atoms with Crippen LogP contribution in [-0.4, -0.2) is 0 Å². The number of rotatable bonds is 1. The van der Waals surface area contributed by atoms with E-state index in [4.69, 9.17) is 4.42 Å². The van der Waals surface area contributed by atoms with Gasteiger partial charge in [-0.15, -0.1) is 0 Å². The second-order valence-corrected chi connectivity index (χ2v) is 3.73. The third-order valence-corrected chi connectivity index (χ3v) is 2.64. The Bertz CT molecular complexity index is 588. The highest BCUT2D eigenvalue weighted by Gasteiger charge is 2.10. The highest BCUT2D eigenvalue weighted by molar-refractivity contribution is 5.92. The molecule has 1 aromatic carbocycles. The summed E-state index contributed by atoms with van der Waals surface area (Å²) in [6.07, 6.45) is 9.69. The molecular weight excluding hydrogens is 198 g/mol. The zero-order valence-electron chi connectivity index (χ0n) is 8.76. The van der Waals surface area contributed by atoms with Crippen molar-refractivity contribution in [3.8, 4) is 0 Å². The van der Waals surface area contributed by atoms with E-state index in [1.54, 1.807) is 6.26 Å². The molecule has 1 aliphatic heterocycles. The second kappa shape index (κ2) is 3.42. The van der Waals surface area contributed by atoms with Crippen molar-refractivity contribution in [2.75, 3.05) is 4.90 Å². The predicted octanol–water partition coefficient (Wildman–Crippen LogP) is 3.84. The molecule has 0 atom stereocenters. The zero-order valence-corrected chi connectivity index (χ0v) is 8.76. The summed E-state index contributed by atoms with van der Waals surface area (Å²) in [7, 11) is 0. The van der Waals surface area contributed by atoms with Crippen molar-refractivity contribution in [1.82, 2.24) is 0 Å². The van der Waals surface area contributed by atoms with Gasteiger partial charge in [0.1, 0.15) is 11.8 Å². The van der Waals surface area contributed by atoms with Gasteiger partial charge < -0.3 is 9.32 Å². The van der Waals surface area contributed by atoms with Crippen molar-refractivity contribution in [3.63, 3.8) is 0 Å². The Morgan fingerprint density at radius 1 is 1.06 bits per heavy atom. The summed E-state index contributed by atoms with van der Waals surface area (Å²) in [5.74, 6) is 0. The van der Waals surface area contributed by atoms with E-state index < -0.39 is 0 Å². The average Bonchev–Trinajstić information content (AvgIpc) is 2.74. The number of benzene rings is 1. The largest absolute Gasteiger partial charge is 0.462 e. The molecule has 0 radical (unpaired) electrons. The van der Waals surface area contributed by atoms with Crippen LogP contribution in [0.15, 0.2) is 71.6 Å². The van der Waals surface area contributed by atoms with Crippen molar-refractivity contribution in [3.05, 3.63) is 67.2 Å². The first-order chi connectivity index (χ1) is 7.84. The molecule has 16 heavy (non-hydrogen) atoms. The van der Waals surface area contributed by atoms with Crippen molar-refractivity contribution >= 4 is 16.7 Å². The van der Waals surface area contributed by atoms with Gasteiger partial charge >= 0.3 is 0 Å². The van der Waals surface area contributed by atoms with Crippen molar-refractivity contribution in [2.24, 2.45) is 0 Å². The molecule has 2 heteroatoms. The minimum atomic E-state index is 0.906. The van der Waals surface area contributed by atoms with Crippen molar-refractivity contribution < 1.29 is 4.42 Å². The number of allylic oxidation sites excluding steroid dienone is 3. The lowest BCUT2D eigenvalue weighted by Crippen LogP contribution is -2.08. The van der Waals surface area contributed by atoms with Crippen LogP contribution in [0.3, 0.4) is 0 Å². The van der Waals surface area contributed by atoms with Gasteiger partial charge in [-0.25, -0.2) is 0 Å². The van der Waals surface area contributed by atoms with Gasteiger partial charge in [-0.3, -0.25) is 0 Å². The molecule has 0 aliphatic carbocycles. The van der Waals surface area contributed by atoms with Gasteiger partial charge in [0, 0.05) is 17.8 Å². The van der Waals surface area contributed by atoms with Gasteiger partial charge in [-0.05, 0) is 29.9 Å². The van der Waals surface area contributed by atoms with Gasteiger partial charge in [0.05, 0.1) is 5.69 Å². The normalized spacial score (nSPS) is 15.0. The summed E-state index contributed by atoms with van der Waals surface area (Å²) in [5, 5.41) is 1.12. The molecule has 2 aromatic rings. The van der Waals surface area contributed by atoms with E-state index in [1.807, 2.05) is 47.7 Å². The summed E-state index contributed by atoms with van der Waals surface area (Å²) in [5.41, 5.74) is 2.96. The van der Waals surface area contributed by atoms with E-state index in [2.05, 4.69) is 12.6 Å². The molecule has 0 N–H and O–H groups in total. The van der Waals surface area contributed by atoms with Crippen LogP contribution in [0, 0.1) is 0 Å². The van der Waals surface area contributed by atoms with Crippen LogP contribution in [0.4, 0.5) is 5.69 Å². The van der Waals surface area contributed by atoms with E-state index in [0.717, 1.165) is 22.2 Å². The first-order valence-electron chi connectivity index (χ1n) is 5.14. The zero-order chi connectivity index (χ0) is 11.0. The Morgan fingerprint density at radius 2 is 1.81 bits per heavy atom. The SMILES string of the molecule is C=C1C=CN(c2coc3ccccc23)C=C1. The molecule has 0 saturated heterocycles. The maximum absolute atomic E-state index is 5.50. The van der Waals surface area contributed by atoms with Crippen molar-refractivity contribution in [1.29, 1.82) is 0 Å². The monoisotopic (exact) mass is 209 g/mol. The molecule has 0 bridgehead atoms. The maximum atomic E-state index is 5.50. The summed E-state index contributed by atoms with van der Waals surface area (Å²) >= 11 is 0. The molecule has 0 fully saturated rings. The third kappa shape index (κ3) is 1.36. The highest BCUT2D eigenvalue weighted by atomic mass is 16.3. The number of hydrogen-bond acceptors (Lipinski definition) is 2. The van der Waals surface area contributed by atoms with Gasteiger partial charge in [0.25, 0.3) is 0 Å². The lowest BCUT2D eigenvalue weighted by Gasteiger charge is -2.16. The van der Waals surface area contributed by atoms with Crippen LogP contribution in [0.2, 0.25) is 0 Å². The quantitative estimate of drug-likeness (QED) is 0.709. The second-order valence-electron chi connectivity index (χ2n) is 3.73. The lowest BCUT2D eigenvalue weighted by atomic mass is 10.2. The Hall–Kier alpha value is -2.22. The number of furan rings is 1. The van der Waals surface area contributed by atoms with Crippen molar-refractivity contribution in [2.45, 2.75) is 0 Å². The van der Waals surface area contributed by atoms with Gasteiger partial charge in [-0.2, -0.15) is 0 Å². The molecule has 78 valence electrons. The predicted molar refractivity (Wildman–Crippen MR) is 66.1 cm³/mol. The summed E-state index contributed by atoms with van der Waals surface area (Å²) in [6.45, 7) is 3.87. The molecule has 2 nitrogen and oxygen atoms in total. The number of anilines is 1. The minimum Gasteiger partial charge on any atom is -0.462 e. The minimum absolute atomic E-state index is 0.906. The fraction of sp³-hybridized carbons (Fsp3) is 0. The van der Waals surface area contributed by atoms with Gasteiger partial charge in [-0.1, -0.05) is 18.7 Å². The van der Waals surface area contributed by atoms with E-state index >= 15 is 0 Å². The standard InChI is InChI=1S/C14H11NO/c1-11-6-8-15(9-7-11)13-10-16-14-5-3-2-4-12(13)14/h2-10H,1H2. The fourth-order valence-corrected chi connectivity index (χ4v) is 1.78. The smallest absolute Gasteiger partial charge is 0.136 e. The van der Waals surface area contributed by atoms with Gasteiger partial charge in [0.15, 0.2) is 0 Å². The molecular formula is C14H11NO. The van der Waals surface area contributed by atoms with Crippen LogP contribution in [-0.2, 0) is 0 Å². The number of fused-ring (bicyclic) bond motifs is 1. The molecule has 0 amide bonds. The van der Waals surface area contributed by atoms with E-state index in [1.165, 1.54) is 0 Å². The Labute approximate surface area is 93.8 Å². The number of nitrogens with zero attached hydrogens (tertiary/aromatic N) is 1.